The van der Waals surface area contributed by atoms with Crippen LogP contribution in [0.2, 0.25) is 0 Å². The molecule has 1 aliphatic rings. The highest BCUT2D eigenvalue weighted by molar-refractivity contribution is 9.10. The normalized spacial score (nSPS) is 17.8. The highest BCUT2D eigenvalue weighted by Crippen LogP contribution is 2.38. The quantitative estimate of drug-likeness (QED) is 0.857. The first-order chi connectivity index (χ1) is 9.56. The van der Waals surface area contributed by atoms with Crippen LogP contribution in [0, 0.1) is 6.92 Å². The first-order valence-electron chi connectivity index (χ1n) is 7.16. The second kappa shape index (κ2) is 6.99. The topological polar surface area (TPSA) is 29.1 Å². The van der Waals surface area contributed by atoms with E-state index in [2.05, 4.69) is 27.5 Å². The van der Waals surface area contributed by atoms with Crippen molar-refractivity contribution in [2.75, 3.05) is 12.8 Å². The van der Waals surface area contributed by atoms with E-state index < -0.39 is 0 Å². The first kappa shape index (κ1) is 15.9. The zero-order valence-electron chi connectivity index (χ0n) is 12.2. The average molecular weight is 356 g/mol. The summed E-state index contributed by atoms with van der Waals surface area (Å²) in [5.74, 6) is 0.0443. The van der Waals surface area contributed by atoms with E-state index in [1.54, 1.807) is 0 Å². The van der Waals surface area contributed by atoms with Gasteiger partial charge in [-0.2, -0.15) is 11.8 Å². The molecule has 1 N–H and O–H groups in total. The first-order valence-corrected chi connectivity index (χ1v) is 9.18. The highest BCUT2D eigenvalue weighted by atomic mass is 79.9. The Morgan fingerprint density at radius 2 is 2.05 bits per heavy atom. The van der Waals surface area contributed by atoms with Gasteiger partial charge in [-0.1, -0.05) is 41.3 Å². The average Bonchev–Trinajstić information content (AvgIpc) is 2.48. The van der Waals surface area contributed by atoms with E-state index in [9.17, 15) is 4.79 Å². The van der Waals surface area contributed by atoms with Crippen LogP contribution >= 0.6 is 27.7 Å². The van der Waals surface area contributed by atoms with E-state index in [1.165, 1.54) is 32.1 Å². The minimum atomic E-state index is 0.0443. The molecule has 0 spiro atoms. The van der Waals surface area contributed by atoms with E-state index in [4.69, 9.17) is 0 Å². The van der Waals surface area contributed by atoms with E-state index in [-0.39, 0.29) is 10.7 Å². The molecule has 0 unspecified atom stereocenters. The van der Waals surface area contributed by atoms with Crippen molar-refractivity contribution in [1.82, 2.24) is 5.32 Å². The molecular formula is C16H22BrNOS. The van der Waals surface area contributed by atoms with Gasteiger partial charge in [0.25, 0.3) is 5.91 Å². The number of aryl methyl sites for hydroxylation is 1. The minimum absolute atomic E-state index is 0.0443. The van der Waals surface area contributed by atoms with Crippen molar-refractivity contribution in [3.63, 3.8) is 0 Å². The van der Waals surface area contributed by atoms with Crippen molar-refractivity contribution < 1.29 is 4.79 Å². The van der Waals surface area contributed by atoms with Gasteiger partial charge in [0, 0.05) is 21.3 Å². The molecule has 2 nitrogen and oxygen atoms in total. The molecule has 0 atom stereocenters. The number of nitrogens with one attached hydrogen (secondary N) is 1. The van der Waals surface area contributed by atoms with Crippen LogP contribution in [0.15, 0.2) is 22.7 Å². The summed E-state index contributed by atoms with van der Waals surface area (Å²) in [7, 11) is 0. The molecule has 1 aromatic carbocycles. The summed E-state index contributed by atoms with van der Waals surface area (Å²) < 4.78 is 1.19. The highest BCUT2D eigenvalue weighted by Gasteiger charge is 2.31. The molecule has 0 bridgehead atoms. The number of amides is 1. The fourth-order valence-corrected chi connectivity index (χ4v) is 4.10. The Kier molecular flexibility index (Phi) is 5.56. The van der Waals surface area contributed by atoms with Gasteiger partial charge >= 0.3 is 0 Å². The number of hydrogen-bond donors (Lipinski definition) is 1. The van der Waals surface area contributed by atoms with Crippen LogP contribution in [0.25, 0.3) is 0 Å². The van der Waals surface area contributed by atoms with Crippen molar-refractivity contribution in [2.45, 2.75) is 43.8 Å². The third kappa shape index (κ3) is 3.79. The van der Waals surface area contributed by atoms with Gasteiger partial charge in [0.2, 0.25) is 0 Å². The maximum absolute atomic E-state index is 12.4. The summed E-state index contributed by atoms with van der Waals surface area (Å²) in [6.07, 6.45) is 8.50. The summed E-state index contributed by atoms with van der Waals surface area (Å²) in [6, 6.07) is 5.85. The van der Waals surface area contributed by atoms with E-state index in [0.717, 1.165) is 22.1 Å². The third-order valence-electron chi connectivity index (χ3n) is 4.21. The fourth-order valence-electron chi connectivity index (χ4n) is 2.82. The Hall–Kier alpha value is -0.480. The van der Waals surface area contributed by atoms with Crippen LogP contribution in [0.5, 0.6) is 0 Å². The molecule has 0 aliphatic heterocycles. The summed E-state index contributed by atoms with van der Waals surface area (Å²) in [5, 5.41) is 3.15. The molecule has 0 heterocycles. The molecule has 0 saturated heterocycles. The van der Waals surface area contributed by atoms with Crippen LogP contribution in [0.3, 0.4) is 0 Å². The molecule has 1 aliphatic carbocycles. The van der Waals surface area contributed by atoms with Gasteiger partial charge in [-0.3, -0.25) is 4.79 Å². The van der Waals surface area contributed by atoms with Gasteiger partial charge in [-0.25, -0.2) is 0 Å². The second-order valence-electron chi connectivity index (χ2n) is 5.59. The number of benzene rings is 1. The van der Waals surface area contributed by atoms with Gasteiger partial charge in [0.1, 0.15) is 0 Å². The minimum Gasteiger partial charge on any atom is -0.351 e. The summed E-state index contributed by atoms with van der Waals surface area (Å²) in [6.45, 7) is 2.76. The Morgan fingerprint density at radius 3 is 2.70 bits per heavy atom. The monoisotopic (exact) mass is 355 g/mol. The van der Waals surface area contributed by atoms with Crippen molar-refractivity contribution >= 4 is 33.6 Å². The molecule has 2 rings (SSSR count). The number of halogens is 1. The molecule has 20 heavy (non-hydrogen) atoms. The van der Waals surface area contributed by atoms with Gasteiger partial charge in [-0.15, -0.1) is 0 Å². The predicted molar refractivity (Wildman–Crippen MR) is 90.5 cm³/mol. The molecule has 1 saturated carbocycles. The predicted octanol–water partition coefficient (Wildman–Crippen LogP) is 4.55. The fraction of sp³-hybridized carbons (Fsp3) is 0.562. The Morgan fingerprint density at radius 1 is 1.35 bits per heavy atom. The van der Waals surface area contributed by atoms with Crippen LogP contribution in [-0.4, -0.2) is 23.5 Å². The third-order valence-corrected chi connectivity index (χ3v) is 6.13. The molecule has 1 aromatic rings. The molecule has 0 radical (unpaired) electrons. The molecule has 0 aromatic heterocycles. The van der Waals surface area contributed by atoms with Crippen LogP contribution in [0.1, 0.15) is 48.0 Å². The van der Waals surface area contributed by atoms with Crippen LogP contribution < -0.4 is 5.32 Å². The number of hydrogen-bond acceptors (Lipinski definition) is 2. The SMILES string of the molecule is CSC1(CNC(=O)c2cc(Br)ccc2C)CCCCC1. The Labute approximate surface area is 134 Å². The summed E-state index contributed by atoms with van der Waals surface area (Å²) in [5.41, 5.74) is 1.79. The number of rotatable bonds is 4. The maximum Gasteiger partial charge on any atom is 0.251 e. The van der Waals surface area contributed by atoms with Gasteiger partial charge < -0.3 is 5.32 Å². The van der Waals surface area contributed by atoms with Gasteiger partial charge in [-0.05, 0) is 43.7 Å². The molecular weight excluding hydrogens is 334 g/mol. The lowest BCUT2D eigenvalue weighted by Gasteiger charge is -2.35. The van der Waals surface area contributed by atoms with E-state index in [1.807, 2.05) is 36.9 Å². The zero-order chi connectivity index (χ0) is 14.6. The molecule has 4 heteroatoms. The number of carbonyl (C=O) groups is 1. The Balaban J connectivity index is 2.02. The van der Waals surface area contributed by atoms with Crippen LogP contribution in [-0.2, 0) is 0 Å². The largest absolute Gasteiger partial charge is 0.351 e. The summed E-state index contributed by atoms with van der Waals surface area (Å²) in [4.78, 5) is 12.4. The van der Waals surface area contributed by atoms with Crippen molar-refractivity contribution in [1.29, 1.82) is 0 Å². The van der Waals surface area contributed by atoms with Crippen molar-refractivity contribution in [3.05, 3.63) is 33.8 Å². The molecule has 1 fully saturated rings. The van der Waals surface area contributed by atoms with E-state index in [0.29, 0.717) is 0 Å². The smallest absolute Gasteiger partial charge is 0.251 e. The Bertz CT molecular complexity index is 483. The molecule has 1 amide bonds. The lowest BCUT2D eigenvalue weighted by Crippen LogP contribution is -2.41. The van der Waals surface area contributed by atoms with Gasteiger partial charge in [0.05, 0.1) is 0 Å². The lowest BCUT2D eigenvalue weighted by molar-refractivity contribution is 0.0946. The zero-order valence-corrected chi connectivity index (χ0v) is 14.6. The second-order valence-corrected chi connectivity index (χ2v) is 7.78. The van der Waals surface area contributed by atoms with Crippen molar-refractivity contribution in [2.24, 2.45) is 0 Å². The van der Waals surface area contributed by atoms with Crippen molar-refractivity contribution in [3.8, 4) is 0 Å². The number of carbonyl (C=O) groups excluding carboxylic acids is 1. The lowest BCUT2D eigenvalue weighted by atomic mass is 9.88. The van der Waals surface area contributed by atoms with E-state index >= 15 is 0 Å². The summed E-state index contributed by atoms with van der Waals surface area (Å²) >= 11 is 5.35. The standard InChI is InChI=1S/C16H22BrNOS/c1-12-6-7-13(17)10-14(12)15(19)18-11-16(20-2)8-4-3-5-9-16/h6-7,10H,3-5,8-9,11H2,1-2H3,(H,18,19). The van der Waals surface area contributed by atoms with Crippen LogP contribution in [0.4, 0.5) is 0 Å². The molecule has 110 valence electrons. The van der Waals surface area contributed by atoms with Gasteiger partial charge in [0.15, 0.2) is 0 Å². The maximum atomic E-state index is 12.4. The number of thioether (sulfide) groups is 1.